The van der Waals surface area contributed by atoms with Gasteiger partial charge in [0.15, 0.2) is 0 Å². The standard InChI is InChI=1S/3C6H5.Cu.I.H3P/c3*1-2-4-6-5-3-1;;;/h3*1-5H;;;1H3. The van der Waals surface area contributed by atoms with Gasteiger partial charge in [0.1, 0.15) is 0 Å². The van der Waals surface area contributed by atoms with E-state index in [-0.39, 0.29) is 47.8 Å². The Hall–Kier alpha value is -0.661. The molecule has 3 rings (SSSR count). The Kier molecular flexibility index (Phi) is 8.21. The van der Waals surface area contributed by atoms with Crippen molar-refractivity contribution in [3.8, 4) is 0 Å². The van der Waals surface area contributed by atoms with Gasteiger partial charge >= 0.3 is 118 Å². The number of hydrogen-bond donors (Lipinski definition) is 0. The minimum atomic E-state index is 0. The summed E-state index contributed by atoms with van der Waals surface area (Å²) in [6.07, 6.45) is 0. The van der Waals surface area contributed by atoms with Crippen LogP contribution in [0.4, 0.5) is 0 Å². The van der Waals surface area contributed by atoms with Crippen LogP contribution < -0.4 is 13.4 Å². The molecule has 0 aliphatic heterocycles. The molecule has 0 saturated carbocycles. The van der Waals surface area contributed by atoms with Gasteiger partial charge in [0.05, 0.1) is 0 Å². The summed E-state index contributed by atoms with van der Waals surface area (Å²) in [5, 5.41) is 0. The van der Waals surface area contributed by atoms with Gasteiger partial charge in [-0.05, 0) is 0 Å². The van der Waals surface area contributed by atoms with E-state index in [0.717, 1.165) is 0 Å². The summed E-state index contributed by atoms with van der Waals surface area (Å²) in [6.45, 7) is 0. The summed E-state index contributed by atoms with van der Waals surface area (Å²) in [4.78, 5) is 0. The summed E-state index contributed by atoms with van der Waals surface area (Å²) in [6, 6.07) is 32.1. The van der Waals surface area contributed by atoms with Crippen LogP contribution in [0.2, 0.25) is 0 Å². The van der Waals surface area contributed by atoms with Crippen molar-refractivity contribution in [1.29, 1.82) is 0 Å². The molecule has 1 atom stereocenters. The van der Waals surface area contributed by atoms with E-state index in [1.54, 1.807) is 0 Å². The van der Waals surface area contributed by atoms with E-state index in [1.165, 1.54) is 13.4 Å². The molecule has 0 bridgehead atoms. The predicted octanol–water partition coefficient (Wildman–Crippen LogP) is 3.52. The molecule has 0 amide bonds. The summed E-state index contributed by atoms with van der Waals surface area (Å²) < 4.78 is 4.06. The summed E-state index contributed by atoms with van der Waals surface area (Å²) in [5.74, 6) is 0. The van der Waals surface area contributed by atoms with Gasteiger partial charge in [0.2, 0.25) is 0 Å². The van der Waals surface area contributed by atoms with E-state index in [0.29, 0.717) is 0 Å². The molecule has 21 heavy (non-hydrogen) atoms. The van der Waals surface area contributed by atoms with Gasteiger partial charge in [-0.15, -0.1) is 0 Å². The molecule has 3 heteroatoms. The van der Waals surface area contributed by atoms with Crippen LogP contribution in [0.1, 0.15) is 0 Å². The predicted molar refractivity (Wildman–Crippen MR) is 103 cm³/mol. The molecular formula is C18H18CuIP. The van der Waals surface area contributed by atoms with Crippen molar-refractivity contribution in [2.24, 2.45) is 0 Å². The van der Waals surface area contributed by atoms with E-state index in [1.807, 2.05) is 0 Å². The zero-order chi connectivity index (χ0) is 12.9. The second kappa shape index (κ2) is 9.38. The Balaban J connectivity index is 0.00000110. The number of halogens is 1. The first kappa shape index (κ1) is 18.4. The van der Waals surface area contributed by atoms with Crippen molar-refractivity contribution in [2.75, 3.05) is 0 Å². The van der Waals surface area contributed by atoms with Crippen LogP contribution in [0.5, 0.6) is 0 Å². The van der Waals surface area contributed by atoms with Crippen LogP contribution in [0, 0.1) is 0 Å². The van der Waals surface area contributed by atoms with Gasteiger partial charge in [-0.1, -0.05) is 0 Å². The molecule has 0 aromatic heterocycles. The Bertz CT molecular complexity index is 535. The van der Waals surface area contributed by atoms with Gasteiger partial charge in [-0.25, -0.2) is 0 Å². The first-order chi connectivity index (χ1) is 9.45. The van der Waals surface area contributed by atoms with Crippen molar-refractivity contribution in [1.82, 2.24) is 0 Å². The van der Waals surface area contributed by atoms with Crippen molar-refractivity contribution in [3.05, 3.63) is 91.0 Å². The molecule has 1 unspecified atom stereocenters. The molecule has 3 aromatic rings. The van der Waals surface area contributed by atoms with Gasteiger partial charge in [-0.2, -0.15) is 9.90 Å². The third-order valence-electron chi connectivity index (χ3n) is 2.65. The normalized spacial score (nSPS) is 10.0. The van der Waals surface area contributed by atoms with Gasteiger partial charge in [-0.3, -0.25) is 0 Å². The fourth-order valence-corrected chi connectivity index (χ4v) is 4.23. The molecule has 0 saturated heterocycles. The van der Waals surface area contributed by atoms with E-state index in [2.05, 4.69) is 91.0 Å². The van der Waals surface area contributed by atoms with Crippen LogP contribution in [0.25, 0.3) is 0 Å². The molecule has 0 heterocycles. The Morgan fingerprint density at radius 1 is 0.429 bits per heavy atom. The van der Waals surface area contributed by atoms with Crippen molar-refractivity contribution in [3.63, 3.8) is 0 Å². The molecule has 1 radical (unpaired) electrons. The monoisotopic (exact) mass is 455 g/mol. The Morgan fingerprint density at radius 3 is 0.905 bits per heavy atom. The molecule has 0 fully saturated rings. The first-order valence-electron chi connectivity index (χ1n) is 6.18. The van der Waals surface area contributed by atoms with Gasteiger partial charge < -0.3 is 0 Å². The molecule has 0 spiro atoms. The van der Waals surface area contributed by atoms with Gasteiger partial charge in [0.25, 0.3) is 0 Å². The van der Waals surface area contributed by atoms with E-state index in [4.69, 9.17) is 0 Å². The van der Waals surface area contributed by atoms with Crippen LogP contribution in [-0.4, -0.2) is 0 Å². The zero-order valence-corrected chi connectivity index (χ0v) is 16.1. The number of hydrogen-bond acceptors (Lipinski definition) is 0. The van der Waals surface area contributed by atoms with Crippen molar-refractivity contribution < 1.29 is 13.9 Å². The SMILES string of the molecule is P.[I].c1cc[c]([Cu]([c]2ccccc2)[c]2ccccc2)cc1. The molecule has 0 aliphatic carbocycles. The average Bonchev–Trinajstić information content (AvgIpc) is 2.51. The summed E-state index contributed by atoms with van der Waals surface area (Å²) >= 11 is 0.0662. The maximum atomic E-state index is 2.21. The van der Waals surface area contributed by atoms with E-state index >= 15 is 0 Å². The second-order valence-electron chi connectivity index (χ2n) is 3.98. The fourth-order valence-electron chi connectivity index (χ4n) is 1.80. The summed E-state index contributed by atoms with van der Waals surface area (Å²) in [7, 11) is 0. The molecular weight excluding hydrogens is 438 g/mol. The Morgan fingerprint density at radius 2 is 0.667 bits per heavy atom. The topological polar surface area (TPSA) is 0 Å². The van der Waals surface area contributed by atoms with E-state index in [9.17, 15) is 0 Å². The van der Waals surface area contributed by atoms with Crippen LogP contribution >= 0.6 is 33.9 Å². The van der Waals surface area contributed by atoms with Crippen LogP contribution in [0.3, 0.4) is 0 Å². The second-order valence-corrected chi connectivity index (χ2v) is 6.32. The Labute approximate surface area is 151 Å². The van der Waals surface area contributed by atoms with Gasteiger partial charge in [0, 0.05) is 24.0 Å². The minimum absolute atomic E-state index is 0. The first-order valence-corrected chi connectivity index (χ1v) is 7.60. The molecule has 0 N–H and O–H groups in total. The van der Waals surface area contributed by atoms with E-state index < -0.39 is 0 Å². The third kappa shape index (κ3) is 4.66. The quantitative estimate of drug-likeness (QED) is 0.322. The number of benzene rings is 3. The zero-order valence-electron chi connectivity index (χ0n) is 11.5. The summed E-state index contributed by atoms with van der Waals surface area (Å²) in [5.41, 5.74) is 0. The molecule has 0 aliphatic rings. The maximum absolute atomic E-state index is 2.21. The molecule has 0 nitrogen and oxygen atoms in total. The third-order valence-corrected chi connectivity index (χ3v) is 5.22. The van der Waals surface area contributed by atoms with Crippen LogP contribution in [-0.2, 0) is 13.9 Å². The number of rotatable bonds is 3. The molecule has 113 valence electrons. The van der Waals surface area contributed by atoms with Crippen LogP contribution in [0.15, 0.2) is 91.0 Å². The van der Waals surface area contributed by atoms with Crippen molar-refractivity contribution >= 4 is 47.3 Å². The van der Waals surface area contributed by atoms with Crippen molar-refractivity contribution in [2.45, 2.75) is 0 Å². The fraction of sp³-hybridized carbons (Fsp3) is 0. The average molecular weight is 456 g/mol. The molecule has 3 aromatic carbocycles.